The van der Waals surface area contributed by atoms with E-state index in [4.69, 9.17) is 4.74 Å². The minimum Gasteiger partial charge on any atom is -0.489 e. The summed E-state index contributed by atoms with van der Waals surface area (Å²) in [6.07, 6.45) is 15.7. The molecule has 2 N–H and O–H groups in total. The van der Waals surface area contributed by atoms with Crippen molar-refractivity contribution >= 4 is 18.0 Å². The normalized spacial score (nSPS) is 10.9. The highest BCUT2D eigenvalue weighted by atomic mass is 16.5. The molecule has 0 aromatic heterocycles. The molecular formula is C30H43N3O3. The van der Waals surface area contributed by atoms with Gasteiger partial charge in [-0.25, -0.2) is 5.43 Å². The van der Waals surface area contributed by atoms with Gasteiger partial charge in [0.25, 0.3) is 5.91 Å². The second-order valence-electron chi connectivity index (χ2n) is 9.20. The van der Waals surface area contributed by atoms with Gasteiger partial charge in [0, 0.05) is 6.42 Å². The van der Waals surface area contributed by atoms with Gasteiger partial charge in [-0.1, -0.05) is 114 Å². The van der Waals surface area contributed by atoms with E-state index >= 15 is 0 Å². The molecule has 2 aromatic rings. The molecule has 6 nitrogen and oxygen atoms in total. The molecule has 0 saturated heterocycles. The minimum absolute atomic E-state index is 0.0750. The fraction of sp³-hybridized carbons (Fsp3) is 0.500. The standard InChI is InChI=1S/C30H43N3O3/c1-2-3-4-5-6-7-8-9-10-11-15-21-29(34)31-24-30(35)33-32-23-27-19-16-20-28(22-27)36-25-26-17-13-12-14-18-26/h12-14,16-20,22-23H,2-11,15,21,24-25H2,1H3,(H,31,34)(H,33,35). The van der Waals surface area contributed by atoms with Crippen LogP contribution in [0.4, 0.5) is 0 Å². The smallest absolute Gasteiger partial charge is 0.259 e. The highest BCUT2D eigenvalue weighted by Gasteiger charge is 2.05. The Balaban J connectivity index is 1.51. The van der Waals surface area contributed by atoms with Crippen molar-refractivity contribution in [3.8, 4) is 5.75 Å². The maximum atomic E-state index is 12.0. The molecule has 2 aromatic carbocycles. The van der Waals surface area contributed by atoms with Gasteiger partial charge in [-0.15, -0.1) is 0 Å². The predicted molar refractivity (Wildman–Crippen MR) is 147 cm³/mol. The van der Waals surface area contributed by atoms with Gasteiger partial charge in [0.2, 0.25) is 5.91 Å². The summed E-state index contributed by atoms with van der Waals surface area (Å²) in [5, 5.41) is 6.64. The zero-order chi connectivity index (χ0) is 25.7. The van der Waals surface area contributed by atoms with Gasteiger partial charge < -0.3 is 10.1 Å². The van der Waals surface area contributed by atoms with Crippen LogP contribution in [0.15, 0.2) is 59.7 Å². The van der Waals surface area contributed by atoms with E-state index in [0.717, 1.165) is 29.7 Å². The molecule has 0 atom stereocenters. The van der Waals surface area contributed by atoms with Crippen LogP contribution in [0.1, 0.15) is 95.1 Å². The largest absolute Gasteiger partial charge is 0.489 e. The van der Waals surface area contributed by atoms with Gasteiger partial charge in [0.1, 0.15) is 12.4 Å². The second kappa shape index (κ2) is 19.1. The van der Waals surface area contributed by atoms with Crippen molar-refractivity contribution in [1.82, 2.24) is 10.7 Å². The number of rotatable bonds is 19. The van der Waals surface area contributed by atoms with Crippen LogP contribution in [0.3, 0.4) is 0 Å². The quantitative estimate of drug-likeness (QED) is 0.133. The first kappa shape index (κ1) is 29.1. The average molecular weight is 494 g/mol. The van der Waals surface area contributed by atoms with Crippen molar-refractivity contribution in [3.63, 3.8) is 0 Å². The maximum absolute atomic E-state index is 12.0. The van der Waals surface area contributed by atoms with Crippen LogP contribution in [-0.4, -0.2) is 24.6 Å². The van der Waals surface area contributed by atoms with Crippen LogP contribution in [0.2, 0.25) is 0 Å². The van der Waals surface area contributed by atoms with E-state index in [9.17, 15) is 9.59 Å². The van der Waals surface area contributed by atoms with Crippen molar-refractivity contribution in [2.45, 2.75) is 90.6 Å². The molecule has 0 fully saturated rings. The summed E-state index contributed by atoms with van der Waals surface area (Å²) in [5.41, 5.74) is 4.35. The van der Waals surface area contributed by atoms with Crippen LogP contribution in [0.5, 0.6) is 5.75 Å². The Hall–Kier alpha value is -3.15. The van der Waals surface area contributed by atoms with Gasteiger partial charge in [-0.2, -0.15) is 5.10 Å². The molecule has 2 rings (SSSR count). The summed E-state index contributed by atoms with van der Waals surface area (Å²) >= 11 is 0. The number of hydrogen-bond donors (Lipinski definition) is 2. The van der Waals surface area contributed by atoms with Gasteiger partial charge in [-0.05, 0) is 29.7 Å². The number of nitrogens with zero attached hydrogens (tertiary/aromatic N) is 1. The molecule has 0 radical (unpaired) electrons. The van der Waals surface area contributed by atoms with Crippen LogP contribution < -0.4 is 15.5 Å². The third-order valence-electron chi connectivity index (χ3n) is 5.96. The Morgan fingerprint density at radius 1 is 0.806 bits per heavy atom. The highest BCUT2D eigenvalue weighted by Crippen LogP contribution is 2.14. The number of carbonyl (C=O) groups is 2. The Kier molecular flexibility index (Phi) is 15.4. The fourth-order valence-electron chi connectivity index (χ4n) is 3.86. The Morgan fingerprint density at radius 2 is 1.47 bits per heavy atom. The maximum Gasteiger partial charge on any atom is 0.259 e. The van der Waals surface area contributed by atoms with Crippen LogP contribution in [0, 0.1) is 0 Å². The first-order valence-corrected chi connectivity index (χ1v) is 13.5. The highest BCUT2D eigenvalue weighted by molar-refractivity contribution is 5.86. The number of amides is 2. The number of unbranched alkanes of at least 4 members (excludes halogenated alkanes) is 10. The molecule has 36 heavy (non-hydrogen) atoms. The number of benzene rings is 2. The van der Waals surface area contributed by atoms with Gasteiger partial charge in [0.05, 0.1) is 12.8 Å². The zero-order valence-corrected chi connectivity index (χ0v) is 21.8. The molecule has 0 unspecified atom stereocenters. The summed E-state index contributed by atoms with van der Waals surface area (Å²) in [6, 6.07) is 17.4. The minimum atomic E-state index is -0.352. The number of hydrazone groups is 1. The van der Waals surface area contributed by atoms with E-state index in [1.165, 1.54) is 57.8 Å². The summed E-state index contributed by atoms with van der Waals surface area (Å²) < 4.78 is 5.81. The van der Waals surface area contributed by atoms with E-state index in [2.05, 4.69) is 22.8 Å². The van der Waals surface area contributed by atoms with Gasteiger partial charge in [0.15, 0.2) is 0 Å². The predicted octanol–water partition coefficient (Wildman–Crippen LogP) is 6.53. The average Bonchev–Trinajstić information content (AvgIpc) is 2.90. The monoisotopic (exact) mass is 493 g/mol. The third kappa shape index (κ3) is 14.3. The molecule has 0 bridgehead atoms. The fourth-order valence-corrected chi connectivity index (χ4v) is 3.86. The number of hydrogen-bond acceptors (Lipinski definition) is 4. The van der Waals surface area contributed by atoms with Crippen molar-refractivity contribution in [1.29, 1.82) is 0 Å². The molecule has 196 valence electrons. The number of ether oxygens (including phenoxy) is 1. The zero-order valence-electron chi connectivity index (χ0n) is 21.8. The van der Waals surface area contributed by atoms with E-state index in [1.54, 1.807) is 6.21 Å². The first-order valence-electron chi connectivity index (χ1n) is 13.5. The summed E-state index contributed by atoms with van der Waals surface area (Å²) in [5.74, 6) is 0.284. The van der Waals surface area contributed by atoms with E-state index in [-0.39, 0.29) is 18.4 Å². The van der Waals surface area contributed by atoms with E-state index < -0.39 is 0 Å². The second-order valence-corrected chi connectivity index (χ2v) is 9.20. The molecule has 0 aliphatic heterocycles. The molecule has 0 spiro atoms. The Morgan fingerprint density at radius 3 is 2.17 bits per heavy atom. The summed E-state index contributed by atoms with van der Waals surface area (Å²) in [7, 11) is 0. The van der Waals surface area contributed by atoms with Crippen LogP contribution in [0.25, 0.3) is 0 Å². The summed E-state index contributed by atoms with van der Waals surface area (Å²) in [4.78, 5) is 23.9. The van der Waals surface area contributed by atoms with Crippen molar-refractivity contribution in [2.75, 3.05) is 6.54 Å². The van der Waals surface area contributed by atoms with Crippen LogP contribution in [-0.2, 0) is 16.2 Å². The van der Waals surface area contributed by atoms with Crippen LogP contribution >= 0.6 is 0 Å². The molecule has 0 saturated carbocycles. The summed E-state index contributed by atoms with van der Waals surface area (Å²) in [6.45, 7) is 2.65. The lowest BCUT2D eigenvalue weighted by molar-refractivity contribution is -0.126. The number of nitrogens with one attached hydrogen (secondary N) is 2. The van der Waals surface area contributed by atoms with Crippen molar-refractivity contribution in [2.24, 2.45) is 5.10 Å². The lowest BCUT2D eigenvalue weighted by Crippen LogP contribution is -2.34. The Labute approximate surface area is 216 Å². The lowest BCUT2D eigenvalue weighted by atomic mass is 10.1. The lowest BCUT2D eigenvalue weighted by Gasteiger charge is -2.07. The molecule has 2 amide bonds. The SMILES string of the molecule is CCCCCCCCCCCCCC(=O)NCC(=O)NN=Cc1cccc(OCc2ccccc2)c1. The molecule has 0 heterocycles. The first-order chi connectivity index (χ1) is 17.7. The molecule has 6 heteroatoms. The van der Waals surface area contributed by atoms with E-state index in [1.807, 2.05) is 54.6 Å². The van der Waals surface area contributed by atoms with Crippen molar-refractivity contribution < 1.29 is 14.3 Å². The topological polar surface area (TPSA) is 79.8 Å². The van der Waals surface area contributed by atoms with Gasteiger partial charge >= 0.3 is 0 Å². The van der Waals surface area contributed by atoms with E-state index in [0.29, 0.717) is 13.0 Å². The molecular weight excluding hydrogens is 450 g/mol. The van der Waals surface area contributed by atoms with Crippen molar-refractivity contribution in [3.05, 3.63) is 65.7 Å². The molecule has 0 aliphatic rings. The molecule has 0 aliphatic carbocycles. The Bertz CT molecular complexity index is 899. The number of carbonyl (C=O) groups excluding carboxylic acids is 2. The van der Waals surface area contributed by atoms with Gasteiger partial charge in [-0.3, -0.25) is 9.59 Å². The third-order valence-corrected chi connectivity index (χ3v) is 5.96.